The molecule has 0 bridgehead atoms. The van der Waals surface area contributed by atoms with E-state index >= 15 is 0 Å². The van der Waals surface area contributed by atoms with E-state index in [9.17, 15) is 0 Å². The highest BCUT2D eigenvalue weighted by atomic mass is 79.9. The van der Waals surface area contributed by atoms with E-state index in [-0.39, 0.29) is 6.10 Å². The van der Waals surface area contributed by atoms with Gasteiger partial charge in [-0.1, -0.05) is 28.1 Å². The van der Waals surface area contributed by atoms with Crippen LogP contribution in [-0.2, 0) is 11.3 Å². The minimum Gasteiger partial charge on any atom is -0.367 e. The number of nitrogens with two attached hydrogens (primary N) is 1. The number of hydrogen-bond donors (Lipinski definition) is 1. The fraction of sp³-hybridized carbons (Fsp3) is 0.231. The van der Waals surface area contributed by atoms with Crippen LogP contribution in [0.4, 0.5) is 0 Å². The predicted octanol–water partition coefficient (Wildman–Crippen LogP) is 4.49. The first-order valence-corrected chi connectivity index (χ1v) is 7.90. The van der Waals surface area contributed by atoms with Crippen LogP contribution in [0.1, 0.15) is 16.5 Å². The Balaban J connectivity index is 1.97. The van der Waals surface area contributed by atoms with Crippen molar-refractivity contribution in [2.75, 3.05) is 6.54 Å². The van der Waals surface area contributed by atoms with Crippen LogP contribution in [0.5, 0.6) is 0 Å². The normalized spacial score (nSPS) is 12.6. The van der Waals surface area contributed by atoms with Gasteiger partial charge < -0.3 is 10.5 Å². The first kappa shape index (κ1) is 14.2. The van der Waals surface area contributed by atoms with Gasteiger partial charge in [-0.15, -0.1) is 11.3 Å². The average Bonchev–Trinajstić information content (AvgIpc) is 2.79. The van der Waals surface area contributed by atoms with Gasteiger partial charge in [-0.2, -0.15) is 0 Å². The third-order valence-corrected chi connectivity index (χ3v) is 4.73. The molecule has 0 saturated carbocycles. The average molecular weight is 391 g/mol. The van der Waals surface area contributed by atoms with E-state index in [1.54, 1.807) is 11.3 Å². The van der Waals surface area contributed by atoms with Crippen molar-refractivity contribution in [3.05, 3.63) is 55.1 Å². The van der Waals surface area contributed by atoms with Gasteiger partial charge in [0.2, 0.25) is 0 Å². The molecule has 5 heteroatoms. The molecule has 0 saturated heterocycles. The molecular formula is C13H13Br2NOS. The third-order valence-electron chi connectivity index (χ3n) is 2.49. The number of ether oxygens (including phenoxy) is 1. The molecule has 2 nitrogen and oxygen atoms in total. The smallest absolute Gasteiger partial charge is 0.104 e. The number of halogens is 2. The van der Waals surface area contributed by atoms with Crippen LogP contribution in [0.15, 0.2) is 44.7 Å². The summed E-state index contributed by atoms with van der Waals surface area (Å²) in [4.78, 5) is 1.15. The number of thiophene rings is 1. The molecule has 1 atom stereocenters. The third kappa shape index (κ3) is 3.90. The van der Waals surface area contributed by atoms with Crippen molar-refractivity contribution in [1.82, 2.24) is 0 Å². The Morgan fingerprint density at radius 3 is 2.39 bits per heavy atom. The molecule has 0 fully saturated rings. The lowest BCUT2D eigenvalue weighted by Gasteiger charge is -2.14. The van der Waals surface area contributed by atoms with Crippen LogP contribution in [0.25, 0.3) is 0 Å². The molecule has 0 radical (unpaired) electrons. The maximum absolute atomic E-state index is 5.87. The van der Waals surface area contributed by atoms with Crippen molar-refractivity contribution in [3.63, 3.8) is 0 Å². The summed E-state index contributed by atoms with van der Waals surface area (Å²) in [7, 11) is 0. The van der Waals surface area contributed by atoms with Gasteiger partial charge in [-0.3, -0.25) is 0 Å². The van der Waals surface area contributed by atoms with E-state index in [1.807, 2.05) is 36.4 Å². The van der Waals surface area contributed by atoms with E-state index < -0.39 is 0 Å². The molecule has 2 rings (SSSR count). The summed E-state index contributed by atoms with van der Waals surface area (Å²) in [5, 5.41) is 0. The predicted molar refractivity (Wildman–Crippen MR) is 82.7 cm³/mol. The van der Waals surface area contributed by atoms with Crippen LogP contribution in [0.3, 0.4) is 0 Å². The summed E-state index contributed by atoms with van der Waals surface area (Å²) in [6.45, 7) is 1.06. The van der Waals surface area contributed by atoms with E-state index in [4.69, 9.17) is 10.5 Å². The lowest BCUT2D eigenvalue weighted by Crippen LogP contribution is -2.14. The van der Waals surface area contributed by atoms with Crippen LogP contribution >= 0.6 is 43.2 Å². The zero-order valence-corrected chi connectivity index (χ0v) is 13.6. The first-order chi connectivity index (χ1) is 8.69. The second-order valence-corrected chi connectivity index (χ2v) is 7.21. The lowest BCUT2D eigenvalue weighted by molar-refractivity contribution is 0.0480. The quantitative estimate of drug-likeness (QED) is 0.816. The monoisotopic (exact) mass is 389 g/mol. The largest absolute Gasteiger partial charge is 0.367 e. The Hall–Kier alpha value is -0.200. The molecule has 96 valence electrons. The first-order valence-electron chi connectivity index (χ1n) is 5.50. The maximum Gasteiger partial charge on any atom is 0.104 e. The molecule has 2 N–H and O–H groups in total. The zero-order valence-electron chi connectivity index (χ0n) is 9.61. The number of hydrogen-bond acceptors (Lipinski definition) is 3. The summed E-state index contributed by atoms with van der Waals surface area (Å²) in [5.41, 5.74) is 6.91. The van der Waals surface area contributed by atoms with Crippen molar-refractivity contribution >= 4 is 43.2 Å². The summed E-state index contributed by atoms with van der Waals surface area (Å²) in [5.74, 6) is 0. The molecule has 18 heavy (non-hydrogen) atoms. The number of rotatable bonds is 5. The molecule has 2 aromatic rings. The van der Waals surface area contributed by atoms with Crippen LogP contribution in [0, 0.1) is 0 Å². The topological polar surface area (TPSA) is 35.2 Å². The maximum atomic E-state index is 5.87. The highest BCUT2D eigenvalue weighted by molar-refractivity contribution is 9.11. The van der Waals surface area contributed by atoms with Crippen LogP contribution < -0.4 is 5.73 Å². The minimum atomic E-state index is -0.0371. The Kier molecular flexibility index (Phi) is 5.38. The molecular weight excluding hydrogens is 378 g/mol. The van der Waals surface area contributed by atoms with E-state index in [0.29, 0.717) is 13.2 Å². The number of benzene rings is 1. The minimum absolute atomic E-state index is 0.0371. The van der Waals surface area contributed by atoms with Gasteiger partial charge in [0.25, 0.3) is 0 Å². The van der Waals surface area contributed by atoms with Crippen molar-refractivity contribution in [1.29, 1.82) is 0 Å². The van der Waals surface area contributed by atoms with Gasteiger partial charge in [0.15, 0.2) is 0 Å². The van der Waals surface area contributed by atoms with Crippen molar-refractivity contribution in [2.45, 2.75) is 12.7 Å². The molecule has 1 unspecified atom stereocenters. The van der Waals surface area contributed by atoms with Crippen molar-refractivity contribution in [3.8, 4) is 0 Å². The summed E-state index contributed by atoms with van der Waals surface area (Å²) < 4.78 is 8.04. The molecule has 0 amide bonds. The Bertz CT molecular complexity index is 498. The van der Waals surface area contributed by atoms with E-state index in [0.717, 1.165) is 18.7 Å². The second kappa shape index (κ2) is 6.82. The van der Waals surface area contributed by atoms with Crippen LogP contribution in [-0.4, -0.2) is 6.54 Å². The fourth-order valence-corrected chi connectivity index (χ4v) is 3.30. The Morgan fingerprint density at radius 2 is 1.83 bits per heavy atom. The fourth-order valence-electron chi connectivity index (χ4n) is 1.55. The van der Waals surface area contributed by atoms with Gasteiger partial charge in [0, 0.05) is 15.9 Å². The lowest BCUT2D eigenvalue weighted by atomic mass is 10.2. The van der Waals surface area contributed by atoms with E-state index in [1.165, 1.54) is 0 Å². The SMILES string of the molecule is NCC(OCc1ccc(Br)cc1)c1ccc(Br)s1. The van der Waals surface area contributed by atoms with Crippen molar-refractivity contribution in [2.24, 2.45) is 5.73 Å². The molecule has 0 aliphatic rings. The highest BCUT2D eigenvalue weighted by Crippen LogP contribution is 2.29. The molecule has 1 aromatic heterocycles. The second-order valence-electron chi connectivity index (χ2n) is 3.80. The Labute approximate surface area is 127 Å². The zero-order chi connectivity index (χ0) is 13.0. The van der Waals surface area contributed by atoms with Gasteiger partial charge in [-0.25, -0.2) is 0 Å². The van der Waals surface area contributed by atoms with Gasteiger partial charge in [0.05, 0.1) is 10.4 Å². The van der Waals surface area contributed by atoms with Crippen molar-refractivity contribution < 1.29 is 4.74 Å². The van der Waals surface area contributed by atoms with Gasteiger partial charge >= 0.3 is 0 Å². The molecule has 0 spiro atoms. The summed E-state index contributed by atoms with van der Waals surface area (Å²) in [6.07, 6.45) is -0.0371. The standard InChI is InChI=1S/C13H13Br2NOS/c14-10-3-1-9(2-4-10)8-17-11(7-16)12-5-6-13(15)18-12/h1-6,11H,7-8,16H2. The molecule has 1 heterocycles. The Morgan fingerprint density at radius 1 is 1.11 bits per heavy atom. The van der Waals surface area contributed by atoms with Gasteiger partial charge in [0.1, 0.15) is 6.10 Å². The summed E-state index contributed by atoms with van der Waals surface area (Å²) in [6, 6.07) is 12.2. The van der Waals surface area contributed by atoms with Gasteiger partial charge in [-0.05, 0) is 45.8 Å². The highest BCUT2D eigenvalue weighted by Gasteiger charge is 2.12. The molecule has 0 aliphatic carbocycles. The molecule has 1 aromatic carbocycles. The molecule has 0 aliphatic heterocycles. The van der Waals surface area contributed by atoms with E-state index in [2.05, 4.69) is 31.9 Å². The summed E-state index contributed by atoms with van der Waals surface area (Å²) >= 11 is 8.53. The van der Waals surface area contributed by atoms with Crippen LogP contribution in [0.2, 0.25) is 0 Å².